The Morgan fingerprint density at radius 2 is 2.05 bits per heavy atom. The van der Waals surface area contributed by atoms with Gasteiger partial charge in [-0.05, 0) is 53.1 Å². The van der Waals surface area contributed by atoms with E-state index < -0.39 is 6.04 Å². The van der Waals surface area contributed by atoms with E-state index in [0.717, 1.165) is 0 Å². The molecule has 2 aromatic carbocycles. The maximum atomic E-state index is 13.1. The minimum Gasteiger partial charge on any atom is -0.342 e. The van der Waals surface area contributed by atoms with Crippen molar-refractivity contribution in [1.82, 2.24) is 35.5 Å². The molecule has 3 N–H and O–H groups in total. The van der Waals surface area contributed by atoms with E-state index in [9.17, 15) is 9.59 Å². The topological polar surface area (TPSA) is 130 Å². The van der Waals surface area contributed by atoms with Crippen molar-refractivity contribution in [3.05, 3.63) is 88.6 Å². The second kappa shape index (κ2) is 11.6. The number of amides is 2. The second-order valence-electron chi connectivity index (χ2n) is 9.08. The number of nitrogens with zero attached hydrogens (tertiary/aromatic N) is 5. The van der Waals surface area contributed by atoms with Crippen LogP contribution in [0.2, 0.25) is 10.2 Å². The fraction of sp³-hybridized carbons (Fsp3) is 0.185. The zero-order valence-corrected chi connectivity index (χ0v) is 22.3. The monoisotopic (exact) mass is 562 g/mol. The predicted molar refractivity (Wildman–Crippen MR) is 149 cm³/mol. The van der Waals surface area contributed by atoms with Crippen LogP contribution in [0.25, 0.3) is 23.0 Å². The van der Waals surface area contributed by atoms with E-state index in [2.05, 4.69) is 31.1 Å². The Morgan fingerprint density at radius 1 is 1.21 bits per heavy atom. The Labute approximate surface area is 234 Å². The highest BCUT2D eigenvalue weighted by Gasteiger charge is 2.22. The molecule has 2 unspecified atom stereocenters. The fourth-order valence-electron chi connectivity index (χ4n) is 4.28. The number of aromatic amines is 1. The van der Waals surface area contributed by atoms with Crippen molar-refractivity contribution in [2.45, 2.75) is 25.8 Å². The Bertz CT molecular complexity index is 1560. The van der Waals surface area contributed by atoms with Gasteiger partial charge in [-0.15, -0.1) is 5.10 Å². The van der Waals surface area contributed by atoms with Gasteiger partial charge >= 0.3 is 0 Å². The summed E-state index contributed by atoms with van der Waals surface area (Å²) in [5.41, 5.74) is 3.10. The number of benzene rings is 2. The number of H-pyrrole nitrogens is 1. The number of para-hydroxylation sites is 1. The first kappa shape index (κ1) is 26.3. The summed E-state index contributed by atoms with van der Waals surface area (Å²) in [5.74, 6) is 0.0330. The summed E-state index contributed by atoms with van der Waals surface area (Å²) in [7, 11) is 0. The number of carbonyl (C=O) groups excluding carboxylic acids is 2. The number of nitrogens with one attached hydrogen (secondary N) is 3. The number of allylic oxidation sites excluding steroid dienone is 1. The number of hydrogen-bond acceptors (Lipinski definition) is 6. The molecule has 2 amide bonds. The summed E-state index contributed by atoms with van der Waals surface area (Å²) in [4.78, 5) is 33.5. The molecule has 0 radical (unpaired) electrons. The van der Waals surface area contributed by atoms with Crippen molar-refractivity contribution in [1.29, 1.82) is 0 Å². The average molecular weight is 563 g/mol. The average Bonchev–Trinajstić information content (AvgIpc) is 3.57. The summed E-state index contributed by atoms with van der Waals surface area (Å²) in [5, 5.41) is 18.0. The molecular formula is C27H24Cl2N8O2. The van der Waals surface area contributed by atoms with E-state index in [1.54, 1.807) is 24.3 Å². The highest BCUT2D eigenvalue weighted by atomic mass is 35.5. The number of imidazole rings is 1. The smallest absolute Gasteiger partial charge is 0.244 e. The maximum absolute atomic E-state index is 13.1. The Morgan fingerprint density at radius 3 is 2.87 bits per heavy atom. The van der Waals surface area contributed by atoms with Crippen molar-refractivity contribution in [2.24, 2.45) is 5.92 Å². The lowest BCUT2D eigenvalue weighted by Gasteiger charge is -2.14. The number of rotatable bonds is 4. The molecule has 5 rings (SSSR count). The van der Waals surface area contributed by atoms with Crippen molar-refractivity contribution >= 4 is 46.8 Å². The molecule has 39 heavy (non-hydrogen) atoms. The zero-order chi connectivity index (χ0) is 27.4. The van der Waals surface area contributed by atoms with E-state index in [1.807, 2.05) is 43.3 Å². The minimum absolute atomic E-state index is 0.00317. The number of fused-ring (bicyclic) bond motifs is 4. The normalized spacial score (nSPS) is 18.4. The SMILES string of the molecule is CC1/C=C/CC(NC(=O)/C=C/c2cc(Cl)ccc2-n2cnnn2)c2nc(c(Cl)[nH]2)-c2ccccc2NC(=O)C1. The van der Waals surface area contributed by atoms with E-state index >= 15 is 0 Å². The summed E-state index contributed by atoms with van der Waals surface area (Å²) in [6.45, 7) is 1.96. The van der Waals surface area contributed by atoms with E-state index in [4.69, 9.17) is 28.2 Å². The Balaban J connectivity index is 1.44. The first-order valence-electron chi connectivity index (χ1n) is 12.2. The van der Waals surface area contributed by atoms with Gasteiger partial charge in [-0.2, -0.15) is 4.68 Å². The lowest BCUT2D eigenvalue weighted by Crippen LogP contribution is -2.27. The fourth-order valence-corrected chi connectivity index (χ4v) is 4.70. The molecule has 0 spiro atoms. The molecule has 0 saturated carbocycles. The van der Waals surface area contributed by atoms with E-state index in [-0.39, 0.29) is 17.7 Å². The van der Waals surface area contributed by atoms with Gasteiger partial charge in [-0.1, -0.05) is 60.5 Å². The third-order valence-electron chi connectivity index (χ3n) is 6.12. The molecule has 0 fully saturated rings. The van der Waals surface area contributed by atoms with Crippen LogP contribution in [-0.4, -0.2) is 42.0 Å². The van der Waals surface area contributed by atoms with Gasteiger partial charge in [0.25, 0.3) is 0 Å². The largest absolute Gasteiger partial charge is 0.342 e. The van der Waals surface area contributed by atoms with E-state index in [0.29, 0.717) is 57.0 Å². The number of anilines is 1. The van der Waals surface area contributed by atoms with Crippen molar-refractivity contribution in [3.63, 3.8) is 0 Å². The van der Waals surface area contributed by atoms with E-state index in [1.165, 1.54) is 17.1 Å². The van der Waals surface area contributed by atoms with Gasteiger partial charge in [0, 0.05) is 28.6 Å². The first-order chi connectivity index (χ1) is 18.9. The quantitative estimate of drug-likeness (QED) is 0.233. The molecule has 198 valence electrons. The van der Waals surface area contributed by atoms with Gasteiger partial charge in [0.15, 0.2) is 0 Å². The van der Waals surface area contributed by atoms with Crippen LogP contribution in [0.15, 0.2) is 67.0 Å². The summed E-state index contributed by atoms with van der Waals surface area (Å²) in [6.07, 6.45) is 9.14. The number of carbonyl (C=O) groups is 2. The van der Waals surface area contributed by atoms with Crippen LogP contribution >= 0.6 is 23.2 Å². The van der Waals surface area contributed by atoms with Crippen LogP contribution < -0.4 is 10.6 Å². The molecule has 0 aliphatic carbocycles. The molecule has 1 aliphatic rings. The Hall–Kier alpha value is -4.28. The number of tetrazole rings is 1. The van der Waals surface area contributed by atoms with Crippen LogP contribution in [0.1, 0.15) is 37.2 Å². The lowest BCUT2D eigenvalue weighted by atomic mass is 10.0. The molecule has 10 nitrogen and oxygen atoms in total. The number of halogens is 2. The molecule has 2 bridgehead atoms. The molecule has 3 heterocycles. The molecule has 4 aromatic rings. The minimum atomic E-state index is -0.508. The van der Waals surface area contributed by atoms with Gasteiger partial charge in [-0.3, -0.25) is 9.59 Å². The lowest BCUT2D eigenvalue weighted by molar-refractivity contribution is -0.117. The maximum Gasteiger partial charge on any atom is 0.244 e. The van der Waals surface area contributed by atoms with Gasteiger partial charge in [0.1, 0.15) is 23.0 Å². The van der Waals surface area contributed by atoms with Gasteiger partial charge < -0.3 is 15.6 Å². The van der Waals surface area contributed by atoms with Gasteiger partial charge in [0.05, 0.1) is 17.4 Å². The molecule has 1 aliphatic heterocycles. The molecular weight excluding hydrogens is 539 g/mol. The summed E-state index contributed by atoms with van der Waals surface area (Å²) >= 11 is 12.7. The second-order valence-corrected chi connectivity index (χ2v) is 9.89. The summed E-state index contributed by atoms with van der Waals surface area (Å²) in [6, 6.07) is 12.0. The first-order valence-corrected chi connectivity index (χ1v) is 13.0. The molecule has 2 atom stereocenters. The third kappa shape index (κ3) is 6.24. The van der Waals surface area contributed by atoms with Gasteiger partial charge in [-0.25, -0.2) is 4.98 Å². The standard InChI is InChI=1S/C27H24Cl2N8O2/c1-16-5-4-8-21(27-33-25(26(29)34-27)19-6-2-3-7-20(19)31-24(39)13-16)32-23(38)12-9-17-14-18(28)10-11-22(17)37-15-30-35-36-37/h2-7,9-12,14-16,21H,8,13H2,1H3,(H,31,39)(H,32,38)(H,33,34)/b5-4+,12-9+. The number of hydrogen-bond donors (Lipinski definition) is 3. The summed E-state index contributed by atoms with van der Waals surface area (Å²) < 4.78 is 1.49. The third-order valence-corrected chi connectivity index (χ3v) is 6.63. The number of aromatic nitrogens is 6. The van der Waals surface area contributed by atoms with Crippen molar-refractivity contribution < 1.29 is 9.59 Å². The van der Waals surface area contributed by atoms with Crippen LogP contribution in [0.3, 0.4) is 0 Å². The highest BCUT2D eigenvalue weighted by molar-refractivity contribution is 6.32. The predicted octanol–water partition coefficient (Wildman–Crippen LogP) is 5.15. The highest BCUT2D eigenvalue weighted by Crippen LogP contribution is 2.34. The van der Waals surface area contributed by atoms with Crippen LogP contribution in [0.4, 0.5) is 5.69 Å². The zero-order valence-electron chi connectivity index (χ0n) is 20.8. The van der Waals surface area contributed by atoms with Crippen LogP contribution in [0.5, 0.6) is 0 Å². The van der Waals surface area contributed by atoms with Crippen molar-refractivity contribution in [3.8, 4) is 16.9 Å². The van der Waals surface area contributed by atoms with Crippen LogP contribution in [0, 0.1) is 5.92 Å². The van der Waals surface area contributed by atoms with Crippen LogP contribution in [-0.2, 0) is 9.59 Å². The Kier molecular flexibility index (Phi) is 7.85. The molecule has 12 heteroatoms. The molecule has 0 saturated heterocycles. The molecule has 2 aromatic heterocycles. The van der Waals surface area contributed by atoms with Gasteiger partial charge in [0.2, 0.25) is 11.8 Å². The van der Waals surface area contributed by atoms with Crippen molar-refractivity contribution in [2.75, 3.05) is 5.32 Å².